The number of benzene rings is 1. The summed E-state index contributed by atoms with van der Waals surface area (Å²) in [5, 5.41) is 0.960. The van der Waals surface area contributed by atoms with Crippen LogP contribution in [-0.4, -0.2) is 82.7 Å². The smallest absolute Gasteiger partial charge is 0.292 e. The first-order valence-electron chi connectivity index (χ1n) is 10.6. The van der Waals surface area contributed by atoms with Gasteiger partial charge in [0.2, 0.25) is 0 Å². The number of likely N-dealkylation sites (N-methyl/N-ethyl adjacent to an activating group) is 2. The van der Waals surface area contributed by atoms with Crippen molar-refractivity contribution in [3.05, 3.63) is 33.8 Å². The second-order valence-electron chi connectivity index (χ2n) is 9.04. The number of imide groups is 1. The minimum absolute atomic E-state index is 0.266. The Hall–Kier alpha value is -1.96. The number of aliphatic imine (C=N–C) groups is 1. The molecular weight excluding hydrogens is 437 g/mol. The summed E-state index contributed by atoms with van der Waals surface area (Å²) in [5.74, 6) is 2.25. The summed E-state index contributed by atoms with van der Waals surface area (Å²) >= 11 is 12.3. The van der Waals surface area contributed by atoms with Crippen molar-refractivity contribution in [1.82, 2.24) is 14.7 Å². The van der Waals surface area contributed by atoms with Gasteiger partial charge in [0.15, 0.2) is 0 Å². The standard InChI is InChI=1S/C22H28Cl2N5O2/c1-13-7-14(2)10-28(9-13)12-18-25-20-19(21(30)27(4)22(31)26(20)3)29(18)11-15-5-6-16(23)17(24)8-15/h5-6,8,13-14,19H,7,9-12H2,1-4H3/q+1. The van der Waals surface area contributed by atoms with E-state index in [1.807, 2.05) is 16.7 Å². The van der Waals surface area contributed by atoms with Crippen LogP contribution in [0, 0.1) is 11.8 Å². The van der Waals surface area contributed by atoms with Gasteiger partial charge in [-0.2, -0.15) is 0 Å². The van der Waals surface area contributed by atoms with Gasteiger partial charge in [0, 0.05) is 27.2 Å². The Bertz CT molecular complexity index is 982. The average molecular weight is 465 g/mol. The second-order valence-corrected chi connectivity index (χ2v) is 9.86. The van der Waals surface area contributed by atoms with E-state index in [1.54, 1.807) is 13.1 Å². The molecule has 1 aromatic rings. The lowest BCUT2D eigenvalue weighted by Gasteiger charge is -2.34. The van der Waals surface area contributed by atoms with Crippen molar-refractivity contribution in [3.8, 4) is 0 Å². The number of hydrogen-bond acceptors (Lipinski definition) is 4. The number of carbonyl (C=O) groups excluding carboxylic acids is 2. The van der Waals surface area contributed by atoms with Crippen LogP contribution in [0.4, 0.5) is 4.79 Å². The summed E-state index contributed by atoms with van der Waals surface area (Å²) in [6.07, 6.45) is 1.22. The zero-order valence-corrected chi connectivity index (χ0v) is 19.8. The van der Waals surface area contributed by atoms with E-state index in [4.69, 9.17) is 28.2 Å². The van der Waals surface area contributed by atoms with E-state index in [0.29, 0.717) is 40.8 Å². The highest BCUT2D eigenvalue weighted by Crippen LogP contribution is 2.26. The zero-order valence-electron chi connectivity index (χ0n) is 18.3. The number of urea groups is 1. The van der Waals surface area contributed by atoms with E-state index in [0.717, 1.165) is 24.5 Å². The molecule has 7 nitrogen and oxygen atoms in total. The van der Waals surface area contributed by atoms with E-state index in [-0.39, 0.29) is 11.9 Å². The van der Waals surface area contributed by atoms with Gasteiger partial charge in [-0.3, -0.25) is 19.5 Å². The Labute approximate surface area is 192 Å². The highest BCUT2D eigenvalue weighted by atomic mass is 35.5. The van der Waals surface area contributed by atoms with Gasteiger partial charge < -0.3 is 0 Å². The maximum atomic E-state index is 13.1. The summed E-state index contributed by atoms with van der Waals surface area (Å²) in [6, 6.07) is 4.49. The number of hydrogen-bond donors (Lipinski definition) is 0. The highest BCUT2D eigenvalue weighted by Gasteiger charge is 2.53. The lowest BCUT2D eigenvalue weighted by molar-refractivity contribution is -0.552. The average Bonchev–Trinajstić information content (AvgIpc) is 3.05. The number of likely N-dealkylation sites (tertiary alicyclic amines) is 1. The molecule has 0 N–H and O–H groups in total. The first-order chi connectivity index (χ1) is 14.7. The summed E-state index contributed by atoms with van der Waals surface area (Å²) in [5.41, 5.74) is 0.929. The van der Waals surface area contributed by atoms with Crippen molar-refractivity contribution >= 4 is 46.8 Å². The number of fused-ring (bicyclic) bond motifs is 1. The van der Waals surface area contributed by atoms with E-state index in [2.05, 4.69) is 18.7 Å². The minimum Gasteiger partial charge on any atom is -0.292 e. The fourth-order valence-corrected chi connectivity index (χ4v) is 5.23. The molecule has 3 aliphatic rings. The van der Waals surface area contributed by atoms with Crippen molar-refractivity contribution in [1.29, 1.82) is 0 Å². The molecule has 3 amide bonds. The summed E-state index contributed by atoms with van der Waals surface area (Å²) in [7, 11) is 3.18. The topological polar surface area (TPSA) is 59.2 Å². The largest absolute Gasteiger partial charge is 0.333 e. The Kier molecular flexibility index (Phi) is 6.12. The van der Waals surface area contributed by atoms with E-state index in [1.165, 1.54) is 23.3 Å². The molecule has 3 atom stereocenters. The Morgan fingerprint density at radius 2 is 1.74 bits per heavy atom. The molecule has 9 heteroatoms. The molecule has 0 bridgehead atoms. The van der Waals surface area contributed by atoms with Crippen molar-refractivity contribution in [2.75, 3.05) is 33.7 Å². The van der Waals surface area contributed by atoms with Gasteiger partial charge in [0.25, 0.3) is 17.8 Å². The SMILES string of the molecule is CC1CC(C)CN(CC2=[N+](Cc3ccc(Cl)c(Cl)c3)C3C(=O)N(C)C(=O)N(C)C3=N2)C1. The number of amides is 3. The molecule has 0 radical (unpaired) electrons. The molecule has 0 aromatic heterocycles. The fraction of sp³-hybridized carbons (Fsp3) is 0.545. The lowest BCUT2D eigenvalue weighted by Crippen LogP contribution is -2.61. The van der Waals surface area contributed by atoms with Crippen LogP contribution in [0.15, 0.2) is 23.2 Å². The fourth-order valence-electron chi connectivity index (χ4n) is 4.91. The Morgan fingerprint density at radius 3 is 2.39 bits per heavy atom. The van der Waals surface area contributed by atoms with Crippen molar-refractivity contribution < 1.29 is 14.2 Å². The van der Waals surface area contributed by atoms with Crippen LogP contribution in [0.1, 0.15) is 25.8 Å². The second kappa shape index (κ2) is 8.52. The van der Waals surface area contributed by atoms with Crippen LogP contribution in [0.25, 0.3) is 0 Å². The number of rotatable bonds is 4. The van der Waals surface area contributed by atoms with Crippen LogP contribution in [0.2, 0.25) is 10.0 Å². The van der Waals surface area contributed by atoms with Crippen molar-refractivity contribution in [2.45, 2.75) is 32.9 Å². The first-order valence-corrected chi connectivity index (χ1v) is 11.3. The van der Waals surface area contributed by atoms with E-state index in [9.17, 15) is 9.59 Å². The van der Waals surface area contributed by atoms with Gasteiger partial charge in [-0.25, -0.2) is 9.37 Å². The molecule has 31 heavy (non-hydrogen) atoms. The van der Waals surface area contributed by atoms with Crippen LogP contribution < -0.4 is 0 Å². The normalized spacial score (nSPS) is 27.2. The third-order valence-corrected chi connectivity index (χ3v) is 7.00. The van der Waals surface area contributed by atoms with Crippen molar-refractivity contribution in [3.63, 3.8) is 0 Å². The summed E-state index contributed by atoms with van der Waals surface area (Å²) in [4.78, 5) is 35.4. The Balaban J connectivity index is 1.71. The maximum absolute atomic E-state index is 13.1. The van der Waals surface area contributed by atoms with Crippen LogP contribution in [0.5, 0.6) is 0 Å². The molecule has 0 spiro atoms. The molecule has 3 aliphatic heterocycles. The highest BCUT2D eigenvalue weighted by molar-refractivity contribution is 6.42. The van der Waals surface area contributed by atoms with Gasteiger partial charge in [-0.15, -0.1) is 0 Å². The number of halogens is 2. The van der Waals surface area contributed by atoms with Gasteiger partial charge in [-0.05, 0) is 40.9 Å². The molecule has 2 saturated heterocycles. The van der Waals surface area contributed by atoms with Gasteiger partial charge in [0.1, 0.15) is 13.1 Å². The van der Waals surface area contributed by atoms with Gasteiger partial charge in [-0.1, -0.05) is 43.1 Å². The number of nitrogens with zero attached hydrogens (tertiary/aromatic N) is 5. The zero-order chi connectivity index (χ0) is 22.4. The number of carbonyl (C=O) groups is 2. The van der Waals surface area contributed by atoms with Gasteiger partial charge >= 0.3 is 11.9 Å². The first kappa shape index (κ1) is 22.2. The van der Waals surface area contributed by atoms with Crippen LogP contribution in [-0.2, 0) is 11.3 Å². The Morgan fingerprint density at radius 1 is 1.06 bits per heavy atom. The molecule has 3 heterocycles. The predicted molar refractivity (Wildman–Crippen MR) is 122 cm³/mol. The van der Waals surface area contributed by atoms with E-state index >= 15 is 0 Å². The molecule has 2 fully saturated rings. The van der Waals surface area contributed by atoms with Crippen LogP contribution in [0.3, 0.4) is 0 Å². The number of piperidine rings is 1. The molecule has 4 rings (SSSR count). The summed E-state index contributed by atoms with van der Waals surface area (Å²) in [6.45, 7) is 7.61. The quantitative estimate of drug-likeness (QED) is 0.642. The molecular formula is C22H28Cl2N5O2+. The van der Waals surface area contributed by atoms with Gasteiger partial charge in [0.05, 0.1) is 10.0 Å². The summed E-state index contributed by atoms with van der Waals surface area (Å²) < 4.78 is 2.00. The molecule has 0 aliphatic carbocycles. The van der Waals surface area contributed by atoms with Crippen LogP contribution >= 0.6 is 23.2 Å². The molecule has 166 valence electrons. The predicted octanol–water partition coefficient (Wildman–Crippen LogP) is 3.19. The molecule has 1 aromatic carbocycles. The van der Waals surface area contributed by atoms with E-state index < -0.39 is 6.04 Å². The van der Waals surface area contributed by atoms with Crippen molar-refractivity contribution in [2.24, 2.45) is 16.8 Å². The third kappa shape index (κ3) is 4.23. The molecule has 3 unspecified atom stereocenters. The monoisotopic (exact) mass is 464 g/mol. The maximum Gasteiger partial charge on any atom is 0.333 e. The lowest BCUT2D eigenvalue weighted by atomic mass is 9.92. The minimum atomic E-state index is -0.628. The third-order valence-electron chi connectivity index (χ3n) is 6.26. The number of amidine groups is 2. The molecule has 0 saturated carbocycles.